The zero-order chi connectivity index (χ0) is 18.7. The lowest BCUT2D eigenvalue weighted by Gasteiger charge is -2.07. The fourth-order valence-corrected chi connectivity index (χ4v) is 3.67. The van der Waals surface area contributed by atoms with Crippen molar-refractivity contribution in [3.8, 4) is 11.4 Å². The number of anilines is 1. The van der Waals surface area contributed by atoms with Crippen LogP contribution in [0.5, 0.6) is 0 Å². The number of nitrogen functional groups attached to an aromatic ring is 1. The summed E-state index contributed by atoms with van der Waals surface area (Å²) in [6.07, 6.45) is 0. The van der Waals surface area contributed by atoms with E-state index in [1.165, 1.54) is 16.4 Å². The van der Waals surface area contributed by atoms with E-state index in [-0.39, 0.29) is 11.7 Å². The van der Waals surface area contributed by atoms with E-state index in [0.717, 1.165) is 4.47 Å². The first-order valence-electron chi connectivity index (χ1n) is 7.28. The van der Waals surface area contributed by atoms with Gasteiger partial charge in [-0.3, -0.25) is 4.79 Å². The van der Waals surface area contributed by atoms with Crippen LogP contribution in [0.15, 0.2) is 52.1 Å². The number of rotatable bonds is 5. The van der Waals surface area contributed by atoms with Gasteiger partial charge in [0.05, 0.1) is 10.8 Å². The number of halogens is 3. The highest BCUT2D eigenvalue weighted by Gasteiger charge is 2.16. The third-order valence-corrected chi connectivity index (χ3v) is 5.26. The first-order chi connectivity index (χ1) is 12.4. The second-order valence-corrected chi connectivity index (χ2v) is 7.85. The molecule has 0 aliphatic heterocycles. The van der Waals surface area contributed by atoms with E-state index in [2.05, 4.69) is 31.4 Å². The molecule has 0 saturated carbocycles. The molecule has 0 aliphatic rings. The molecular formula is C16H12BrCl2N5OS. The van der Waals surface area contributed by atoms with E-state index >= 15 is 0 Å². The third-order valence-electron chi connectivity index (χ3n) is 3.28. The van der Waals surface area contributed by atoms with Crippen LogP contribution in [0, 0.1) is 0 Å². The molecule has 0 atom stereocenters. The summed E-state index contributed by atoms with van der Waals surface area (Å²) in [6, 6.07) is 12.3. The second-order valence-electron chi connectivity index (χ2n) is 5.15. The number of carbonyl (C=O) groups is 1. The Morgan fingerprint density at radius 2 is 2.04 bits per heavy atom. The molecule has 0 aliphatic carbocycles. The van der Waals surface area contributed by atoms with E-state index < -0.39 is 0 Å². The first kappa shape index (κ1) is 19.0. The minimum absolute atomic E-state index is 0.135. The minimum atomic E-state index is -0.179. The van der Waals surface area contributed by atoms with Crippen molar-refractivity contribution in [1.29, 1.82) is 0 Å². The Labute approximate surface area is 172 Å². The summed E-state index contributed by atoms with van der Waals surface area (Å²) in [5.41, 5.74) is 1.31. The van der Waals surface area contributed by atoms with E-state index in [4.69, 9.17) is 29.0 Å². The van der Waals surface area contributed by atoms with Crippen LogP contribution in [0.2, 0.25) is 10.0 Å². The van der Waals surface area contributed by atoms with Crippen LogP contribution in [-0.2, 0) is 4.79 Å². The van der Waals surface area contributed by atoms with Gasteiger partial charge in [0.15, 0.2) is 5.82 Å². The summed E-state index contributed by atoms with van der Waals surface area (Å²) in [5.74, 6) is 6.39. The Kier molecular flexibility index (Phi) is 6.08. The van der Waals surface area contributed by atoms with Gasteiger partial charge < -0.3 is 11.2 Å². The van der Waals surface area contributed by atoms with Crippen molar-refractivity contribution < 1.29 is 4.79 Å². The van der Waals surface area contributed by atoms with Gasteiger partial charge in [0.2, 0.25) is 11.1 Å². The van der Waals surface area contributed by atoms with Crippen molar-refractivity contribution in [2.24, 2.45) is 0 Å². The van der Waals surface area contributed by atoms with Gasteiger partial charge in [-0.25, -0.2) is 4.68 Å². The molecule has 1 aromatic heterocycles. The van der Waals surface area contributed by atoms with Crippen molar-refractivity contribution in [2.75, 3.05) is 16.9 Å². The Morgan fingerprint density at radius 3 is 2.77 bits per heavy atom. The van der Waals surface area contributed by atoms with Crippen LogP contribution >= 0.6 is 50.9 Å². The SMILES string of the molecule is Nn1c(SCC(=O)Nc2cccc(Br)c2)nnc1-c1ccc(Cl)cc1Cl. The van der Waals surface area contributed by atoms with Gasteiger partial charge in [0.25, 0.3) is 0 Å². The number of hydrogen-bond acceptors (Lipinski definition) is 5. The van der Waals surface area contributed by atoms with Gasteiger partial charge in [-0.05, 0) is 36.4 Å². The Balaban J connectivity index is 1.68. The summed E-state index contributed by atoms with van der Waals surface area (Å²) >= 11 is 16.6. The number of thioether (sulfide) groups is 1. The molecule has 0 unspecified atom stereocenters. The van der Waals surface area contributed by atoms with Gasteiger partial charge in [0, 0.05) is 20.7 Å². The number of hydrogen-bond donors (Lipinski definition) is 2. The van der Waals surface area contributed by atoms with E-state index in [9.17, 15) is 4.79 Å². The molecular weight excluding hydrogens is 461 g/mol. The lowest BCUT2D eigenvalue weighted by atomic mass is 10.2. The molecule has 0 bridgehead atoms. The molecule has 2 aromatic carbocycles. The number of carbonyl (C=O) groups excluding carboxylic acids is 1. The number of aromatic nitrogens is 3. The summed E-state index contributed by atoms with van der Waals surface area (Å²) in [5, 5.41) is 12.2. The Hall–Kier alpha value is -1.74. The maximum atomic E-state index is 12.1. The molecule has 0 spiro atoms. The van der Waals surface area contributed by atoms with Crippen LogP contribution < -0.4 is 11.2 Å². The number of nitrogens with one attached hydrogen (secondary N) is 1. The molecule has 6 nitrogen and oxygen atoms in total. The highest BCUT2D eigenvalue weighted by atomic mass is 79.9. The number of benzene rings is 2. The molecule has 1 heterocycles. The van der Waals surface area contributed by atoms with E-state index in [1.54, 1.807) is 24.3 Å². The van der Waals surface area contributed by atoms with Crippen LogP contribution in [-0.4, -0.2) is 26.5 Å². The molecule has 3 N–H and O–H groups in total. The summed E-state index contributed by atoms with van der Waals surface area (Å²) < 4.78 is 2.18. The molecule has 0 fully saturated rings. The fraction of sp³-hybridized carbons (Fsp3) is 0.0625. The number of nitrogens with zero attached hydrogens (tertiary/aromatic N) is 3. The highest BCUT2D eigenvalue weighted by molar-refractivity contribution is 9.10. The topological polar surface area (TPSA) is 85.8 Å². The largest absolute Gasteiger partial charge is 0.335 e. The smallest absolute Gasteiger partial charge is 0.234 e. The quantitative estimate of drug-likeness (QED) is 0.423. The number of nitrogens with two attached hydrogens (primary N) is 1. The van der Waals surface area contributed by atoms with Crippen molar-refractivity contribution in [3.63, 3.8) is 0 Å². The van der Waals surface area contributed by atoms with Crippen LogP contribution in [0.3, 0.4) is 0 Å². The van der Waals surface area contributed by atoms with Gasteiger partial charge in [-0.1, -0.05) is 57.0 Å². The first-order valence-corrected chi connectivity index (χ1v) is 9.81. The van der Waals surface area contributed by atoms with Crippen LogP contribution in [0.4, 0.5) is 5.69 Å². The van der Waals surface area contributed by atoms with Gasteiger partial charge in [-0.2, -0.15) is 0 Å². The predicted octanol–water partition coefficient (Wildman–Crippen LogP) is 4.46. The average Bonchev–Trinajstić information content (AvgIpc) is 2.94. The van der Waals surface area contributed by atoms with Gasteiger partial charge >= 0.3 is 0 Å². The van der Waals surface area contributed by atoms with Crippen molar-refractivity contribution in [2.45, 2.75) is 5.16 Å². The molecule has 26 heavy (non-hydrogen) atoms. The summed E-state index contributed by atoms with van der Waals surface area (Å²) in [7, 11) is 0. The molecule has 3 rings (SSSR count). The van der Waals surface area contributed by atoms with Crippen molar-refractivity contribution in [3.05, 3.63) is 57.0 Å². The predicted molar refractivity (Wildman–Crippen MR) is 109 cm³/mol. The Bertz CT molecular complexity index is 966. The van der Waals surface area contributed by atoms with Crippen LogP contribution in [0.1, 0.15) is 0 Å². The van der Waals surface area contributed by atoms with Crippen molar-refractivity contribution >= 4 is 62.5 Å². The zero-order valence-electron chi connectivity index (χ0n) is 13.1. The monoisotopic (exact) mass is 471 g/mol. The summed E-state index contributed by atoms with van der Waals surface area (Å²) in [6.45, 7) is 0. The molecule has 0 saturated heterocycles. The molecule has 134 valence electrons. The number of amides is 1. The Morgan fingerprint density at radius 1 is 1.23 bits per heavy atom. The third kappa shape index (κ3) is 4.50. The van der Waals surface area contributed by atoms with Crippen LogP contribution in [0.25, 0.3) is 11.4 Å². The minimum Gasteiger partial charge on any atom is -0.335 e. The van der Waals surface area contributed by atoms with Crippen molar-refractivity contribution in [1.82, 2.24) is 14.9 Å². The van der Waals surface area contributed by atoms with Gasteiger partial charge in [0.1, 0.15) is 0 Å². The molecule has 0 radical (unpaired) electrons. The molecule has 3 aromatic rings. The second kappa shape index (κ2) is 8.30. The van der Waals surface area contributed by atoms with Gasteiger partial charge in [-0.15, -0.1) is 10.2 Å². The molecule has 1 amide bonds. The van der Waals surface area contributed by atoms with E-state index in [1.807, 2.05) is 18.2 Å². The summed E-state index contributed by atoms with van der Waals surface area (Å²) in [4.78, 5) is 12.1. The fourth-order valence-electron chi connectivity index (χ4n) is 2.12. The van der Waals surface area contributed by atoms with E-state index in [0.29, 0.717) is 32.3 Å². The maximum absolute atomic E-state index is 12.1. The zero-order valence-corrected chi connectivity index (χ0v) is 17.0. The average molecular weight is 473 g/mol. The lowest BCUT2D eigenvalue weighted by molar-refractivity contribution is -0.113. The lowest BCUT2D eigenvalue weighted by Crippen LogP contribution is -2.16. The molecule has 10 heteroatoms. The normalized spacial score (nSPS) is 10.7. The standard InChI is InChI=1S/C16H12BrCl2N5OS/c17-9-2-1-3-11(6-9)21-14(25)8-26-16-23-22-15(24(16)20)12-5-4-10(18)7-13(12)19/h1-7H,8,20H2,(H,21,25). The maximum Gasteiger partial charge on any atom is 0.234 e. The highest BCUT2D eigenvalue weighted by Crippen LogP contribution is 2.30.